The molecule has 0 aromatic carbocycles. The molecule has 0 bridgehead atoms. The van der Waals surface area contributed by atoms with Crippen LogP contribution < -0.4 is 11.1 Å². The second-order valence-corrected chi connectivity index (χ2v) is 4.89. The van der Waals surface area contributed by atoms with Gasteiger partial charge in [-0.15, -0.1) is 12.4 Å². The molecule has 0 fully saturated rings. The lowest BCUT2D eigenvalue weighted by atomic mass is 10.1. The molecule has 19 heavy (non-hydrogen) atoms. The van der Waals surface area contributed by atoms with Crippen molar-refractivity contribution in [3.63, 3.8) is 0 Å². The molecule has 2 aromatic rings. The Morgan fingerprint density at radius 1 is 1.53 bits per heavy atom. The fourth-order valence-corrected chi connectivity index (χ4v) is 1.50. The van der Waals surface area contributed by atoms with E-state index in [1.807, 2.05) is 13.8 Å². The van der Waals surface area contributed by atoms with Crippen LogP contribution in [0.25, 0.3) is 11.1 Å². The highest BCUT2D eigenvalue weighted by Gasteiger charge is 2.20. The molecule has 0 aliphatic rings. The van der Waals surface area contributed by atoms with Crippen LogP contribution in [0, 0.1) is 6.92 Å². The normalized spacial score (nSPS) is 11.2. The van der Waals surface area contributed by atoms with Crippen LogP contribution in [-0.2, 0) is 0 Å². The molecule has 0 radical (unpaired) electrons. The molecule has 0 aliphatic heterocycles. The van der Waals surface area contributed by atoms with E-state index in [0.29, 0.717) is 23.5 Å². The zero-order valence-corrected chi connectivity index (χ0v) is 11.9. The van der Waals surface area contributed by atoms with Crippen molar-refractivity contribution in [2.75, 3.05) is 6.54 Å². The van der Waals surface area contributed by atoms with Gasteiger partial charge in [0.2, 0.25) is 0 Å². The molecular formula is C12H17ClN4O2. The maximum absolute atomic E-state index is 12.0. The van der Waals surface area contributed by atoms with Gasteiger partial charge in [-0.3, -0.25) is 4.79 Å². The Morgan fingerprint density at radius 2 is 2.21 bits per heavy atom. The Kier molecular flexibility index (Phi) is 4.49. The fourth-order valence-electron chi connectivity index (χ4n) is 1.50. The second kappa shape index (κ2) is 5.54. The summed E-state index contributed by atoms with van der Waals surface area (Å²) < 4.78 is 4.99. The number of pyridine rings is 1. The van der Waals surface area contributed by atoms with Gasteiger partial charge in [-0.05, 0) is 26.8 Å². The topological polar surface area (TPSA) is 94.0 Å². The molecular weight excluding hydrogens is 268 g/mol. The minimum Gasteiger partial charge on any atom is -0.346 e. The van der Waals surface area contributed by atoms with Crippen molar-refractivity contribution >= 4 is 29.4 Å². The van der Waals surface area contributed by atoms with Crippen LogP contribution >= 0.6 is 12.4 Å². The number of amides is 1. The first-order valence-corrected chi connectivity index (χ1v) is 5.67. The number of carbonyl (C=O) groups excluding carboxylic acids is 1. The van der Waals surface area contributed by atoms with E-state index in [0.717, 1.165) is 5.39 Å². The summed E-state index contributed by atoms with van der Waals surface area (Å²) in [4.78, 5) is 16.1. The minimum atomic E-state index is -0.449. The van der Waals surface area contributed by atoms with Gasteiger partial charge in [0.15, 0.2) is 0 Å². The molecule has 2 aromatic heterocycles. The van der Waals surface area contributed by atoms with Gasteiger partial charge in [-0.25, -0.2) is 4.98 Å². The molecule has 0 spiro atoms. The molecule has 6 nitrogen and oxygen atoms in total. The number of nitrogens with zero attached hydrogens (tertiary/aromatic N) is 2. The van der Waals surface area contributed by atoms with Crippen molar-refractivity contribution in [1.82, 2.24) is 15.5 Å². The van der Waals surface area contributed by atoms with Crippen molar-refractivity contribution in [3.8, 4) is 0 Å². The highest BCUT2D eigenvalue weighted by molar-refractivity contribution is 5.97. The van der Waals surface area contributed by atoms with Gasteiger partial charge in [0, 0.05) is 18.3 Å². The largest absolute Gasteiger partial charge is 0.346 e. The highest BCUT2D eigenvalue weighted by atomic mass is 35.5. The molecule has 2 heterocycles. The third kappa shape index (κ3) is 3.21. The summed E-state index contributed by atoms with van der Waals surface area (Å²) in [6, 6.07) is 1.72. The van der Waals surface area contributed by atoms with Crippen LogP contribution in [0.15, 0.2) is 16.8 Å². The maximum atomic E-state index is 12.0. The van der Waals surface area contributed by atoms with Crippen LogP contribution in [0.4, 0.5) is 0 Å². The quantitative estimate of drug-likeness (QED) is 0.889. The SMILES string of the molecule is Cc1noc2ncc(C(=O)NC(C)(C)CN)cc12.Cl. The van der Waals surface area contributed by atoms with Crippen molar-refractivity contribution in [1.29, 1.82) is 0 Å². The summed E-state index contributed by atoms with van der Waals surface area (Å²) in [7, 11) is 0. The number of halogens is 1. The lowest BCUT2D eigenvalue weighted by molar-refractivity contribution is 0.0915. The van der Waals surface area contributed by atoms with Crippen LogP contribution in [0.2, 0.25) is 0 Å². The number of hydrogen-bond acceptors (Lipinski definition) is 5. The Labute approximate surface area is 117 Å². The predicted octanol–water partition coefficient (Wildman–Crippen LogP) is 1.42. The molecule has 0 atom stereocenters. The molecule has 1 amide bonds. The van der Waals surface area contributed by atoms with E-state index >= 15 is 0 Å². The van der Waals surface area contributed by atoms with Crippen molar-refractivity contribution in [2.24, 2.45) is 5.73 Å². The number of fused-ring (bicyclic) bond motifs is 1. The van der Waals surface area contributed by atoms with E-state index in [4.69, 9.17) is 10.3 Å². The van der Waals surface area contributed by atoms with Gasteiger partial charge in [0.1, 0.15) is 0 Å². The lowest BCUT2D eigenvalue weighted by Crippen LogP contribution is -2.48. The third-order valence-corrected chi connectivity index (χ3v) is 2.73. The molecule has 0 unspecified atom stereocenters. The van der Waals surface area contributed by atoms with E-state index in [1.165, 1.54) is 6.20 Å². The minimum absolute atomic E-state index is 0. The third-order valence-electron chi connectivity index (χ3n) is 2.73. The van der Waals surface area contributed by atoms with Crippen molar-refractivity contribution < 1.29 is 9.32 Å². The van der Waals surface area contributed by atoms with Gasteiger partial charge in [-0.1, -0.05) is 5.16 Å². The smallest absolute Gasteiger partial charge is 0.257 e. The fraction of sp³-hybridized carbons (Fsp3) is 0.417. The number of hydrogen-bond donors (Lipinski definition) is 2. The summed E-state index contributed by atoms with van der Waals surface area (Å²) in [6.07, 6.45) is 1.47. The van der Waals surface area contributed by atoms with E-state index in [2.05, 4.69) is 15.5 Å². The first kappa shape index (κ1) is 15.4. The van der Waals surface area contributed by atoms with Gasteiger partial charge in [0.05, 0.1) is 16.6 Å². The monoisotopic (exact) mass is 284 g/mol. The number of nitrogens with two attached hydrogens (primary N) is 1. The average molecular weight is 285 g/mol. The summed E-state index contributed by atoms with van der Waals surface area (Å²) in [6.45, 7) is 5.89. The lowest BCUT2D eigenvalue weighted by Gasteiger charge is -2.24. The number of rotatable bonds is 3. The maximum Gasteiger partial charge on any atom is 0.257 e. The van der Waals surface area contributed by atoms with Gasteiger partial charge >= 0.3 is 0 Å². The first-order valence-electron chi connectivity index (χ1n) is 5.67. The summed E-state index contributed by atoms with van der Waals surface area (Å²) in [5.74, 6) is -0.208. The Morgan fingerprint density at radius 3 is 2.84 bits per heavy atom. The summed E-state index contributed by atoms with van der Waals surface area (Å²) in [5, 5.41) is 7.39. The van der Waals surface area contributed by atoms with Crippen LogP contribution in [-0.4, -0.2) is 28.1 Å². The zero-order chi connectivity index (χ0) is 13.3. The van der Waals surface area contributed by atoms with E-state index < -0.39 is 5.54 Å². The molecule has 0 saturated carbocycles. The molecule has 0 aliphatic carbocycles. The number of carbonyl (C=O) groups is 1. The molecule has 0 saturated heterocycles. The Hall–Kier alpha value is -1.66. The number of aromatic nitrogens is 2. The first-order chi connectivity index (χ1) is 8.43. The molecule has 104 valence electrons. The molecule has 7 heteroatoms. The Bertz CT molecular complexity index is 594. The van der Waals surface area contributed by atoms with E-state index in [9.17, 15) is 4.79 Å². The summed E-state index contributed by atoms with van der Waals surface area (Å²) >= 11 is 0. The van der Waals surface area contributed by atoms with Gasteiger partial charge in [-0.2, -0.15) is 0 Å². The van der Waals surface area contributed by atoms with Crippen LogP contribution in [0.3, 0.4) is 0 Å². The molecule has 2 rings (SSSR count). The van der Waals surface area contributed by atoms with Crippen LogP contribution in [0.5, 0.6) is 0 Å². The predicted molar refractivity (Wildman–Crippen MR) is 74.4 cm³/mol. The zero-order valence-electron chi connectivity index (χ0n) is 11.1. The Balaban J connectivity index is 0.00000180. The number of nitrogens with one attached hydrogen (secondary N) is 1. The second-order valence-electron chi connectivity index (χ2n) is 4.89. The molecule has 3 N–H and O–H groups in total. The average Bonchev–Trinajstić information content (AvgIpc) is 2.70. The standard InChI is InChI=1S/C12H16N4O2.ClH/c1-7-9-4-8(5-14-11(9)18-16-7)10(17)15-12(2,3)6-13;/h4-5H,6,13H2,1-3H3,(H,15,17);1H. The van der Waals surface area contributed by atoms with E-state index in [-0.39, 0.29) is 18.3 Å². The summed E-state index contributed by atoms with van der Waals surface area (Å²) in [5.41, 5.74) is 6.74. The van der Waals surface area contributed by atoms with Crippen molar-refractivity contribution in [2.45, 2.75) is 26.3 Å². The number of aryl methyl sites for hydroxylation is 1. The highest BCUT2D eigenvalue weighted by Crippen LogP contribution is 2.17. The van der Waals surface area contributed by atoms with Crippen molar-refractivity contribution in [3.05, 3.63) is 23.5 Å². The van der Waals surface area contributed by atoms with E-state index in [1.54, 1.807) is 13.0 Å². The van der Waals surface area contributed by atoms with Crippen LogP contribution in [0.1, 0.15) is 29.9 Å². The van der Waals surface area contributed by atoms with Gasteiger partial charge in [0.25, 0.3) is 11.6 Å². The van der Waals surface area contributed by atoms with Gasteiger partial charge < -0.3 is 15.6 Å².